The van der Waals surface area contributed by atoms with Gasteiger partial charge in [-0.1, -0.05) is 128 Å². The van der Waals surface area contributed by atoms with Gasteiger partial charge in [0.05, 0.1) is 11.0 Å². The number of furan rings is 1. The Hall–Kier alpha value is -5.15. The molecule has 0 spiro atoms. The molecule has 0 amide bonds. The monoisotopic (exact) mass is 556 g/mol. The van der Waals surface area contributed by atoms with E-state index in [0.29, 0.717) is 18.1 Å². The third kappa shape index (κ3) is 4.15. The molecule has 43 heavy (non-hydrogen) atoms. The van der Waals surface area contributed by atoms with E-state index in [1.165, 1.54) is 43.7 Å². The normalized spacial score (nSPS) is 15.6. The Morgan fingerprint density at radius 1 is 0.837 bits per heavy atom. The molecule has 2 unspecified atom stereocenters. The van der Waals surface area contributed by atoms with E-state index >= 15 is 0 Å². The molecular formula is C40H32N2O. The SMILES string of the molecule is CC1CC=Cc2c1oc1c3ccccc3c3c(c4ccccc4n3/C=C/C(CC(=N)c3ccccc3)c3ccccc3)c21. The number of nitrogens with one attached hydrogen (secondary N) is 1. The predicted molar refractivity (Wildman–Crippen MR) is 181 cm³/mol. The first-order chi connectivity index (χ1) is 21.2. The van der Waals surface area contributed by atoms with Crippen molar-refractivity contribution in [2.75, 3.05) is 0 Å². The fourth-order valence-corrected chi connectivity index (χ4v) is 6.92. The van der Waals surface area contributed by atoms with Crippen LogP contribution in [-0.4, -0.2) is 10.3 Å². The number of fused-ring (bicyclic) bond motifs is 10. The van der Waals surface area contributed by atoms with Gasteiger partial charge in [0.1, 0.15) is 11.3 Å². The second-order valence-electron chi connectivity index (χ2n) is 11.7. The highest BCUT2D eigenvalue weighted by molar-refractivity contribution is 6.32. The van der Waals surface area contributed by atoms with Crippen molar-refractivity contribution in [3.63, 3.8) is 0 Å². The molecule has 3 nitrogen and oxygen atoms in total. The van der Waals surface area contributed by atoms with Crippen LogP contribution in [-0.2, 0) is 0 Å². The van der Waals surface area contributed by atoms with Crippen LogP contribution in [0.3, 0.4) is 0 Å². The summed E-state index contributed by atoms with van der Waals surface area (Å²) < 4.78 is 9.09. The van der Waals surface area contributed by atoms with Crippen LogP contribution in [0.1, 0.15) is 54.1 Å². The van der Waals surface area contributed by atoms with Crippen molar-refractivity contribution < 1.29 is 4.42 Å². The van der Waals surface area contributed by atoms with Crippen LogP contribution >= 0.6 is 0 Å². The molecule has 1 aliphatic rings. The Kier molecular flexibility index (Phi) is 6.11. The van der Waals surface area contributed by atoms with Gasteiger partial charge in [-0.2, -0.15) is 0 Å². The maximum absolute atomic E-state index is 8.95. The first kappa shape index (κ1) is 25.6. The van der Waals surface area contributed by atoms with Gasteiger partial charge in [0, 0.05) is 56.2 Å². The summed E-state index contributed by atoms with van der Waals surface area (Å²) >= 11 is 0. The molecule has 8 rings (SSSR count). The summed E-state index contributed by atoms with van der Waals surface area (Å²) in [7, 11) is 0. The molecule has 1 aliphatic carbocycles. The van der Waals surface area contributed by atoms with Crippen LogP contribution in [0.2, 0.25) is 0 Å². The van der Waals surface area contributed by atoms with Crippen LogP contribution in [0.5, 0.6) is 0 Å². The van der Waals surface area contributed by atoms with E-state index in [2.05, 4.69) is 115 Å². The van der Waals surface area contributed by atoms with E-state index in [-0.39, 0.29) is 5.92 Å². The van der Waals surface area contributed by atoms with Gasteiger partial charge in [-0.15, -0.1) is 0 Å². The van der Waals surface area contributed by atoms with Crippen molar-refractivity contribution in [2.45, 2.75) is 31.6 Å². The zero-order valence-corrected chi connectivity index (χ0v) is 24.1. The summed E-state index contributed by atoms with van der Waals surface area (Å²) in [5, 5.41) is 15.0. The van der Waals surface area contributed by atoms with Crippen molar-refractivity contribution >= 4 is 61.5 Å². The zero-order chi connectivity index (χ0) is 28.9. The van der Waals surface area contributed by atoms with E-state index < -0.39 is 0 Å². The molecule has 3 heteroatoms. The molecule has 2 atom stereocenters. The van der Waals surface area contributed by atoms with Crippen molar-refractivity contribution in [3.8, 4) is 0 Å². The Bertz CT molecular complexity index is 2210. The first-order valence-corrected chi connectivity index (χ1v) is 15.1. The highest BCUT2D eigenvalue weighted by Crippen LogP contribution is 2.47. The van der Waals surface area contributed by atoms with Gasteiger partial charge >= 0.3 is 0 Å². The van der Waals surface area contributed by atoms with Gasteiger partial charge in [-0.05, 0) is 30.0 Å². The van der Waals surface area contributed by atoms with Crippen molar-refractivity contribution in [1.29, 1.82) is 5.41 Å². The number of allylic oxidation sites excluding steroid dienone is 2. The minimum Gasteiger partial charge on any atom is -0.459 e. The van der Waals surface area contributed by atoms with Gasteiger partial charge in [0.15, 0.2) is 0 Å². The second kappa shape index (κ2) is 10.3. The average Bonchev–Trinajstić information content (AvgIpc) is 3.61. The molecule has 208 valence electrons. The Morgan fingerprint density at radius 2 is 1.51 bits per heavy atom. The van der Waals surface area contributed by atoms with Gasteiger partial charge < -0.3 is 14.4 Å². The minimum absolute atomic E-state index is 0.0468. The molecule has 0 bridgehead atoms. The van der Waals surface area contributed by atoms with E-state index in [1.807, 2.05) is 30.3 Å². The van der Waals surface area contributed by atoms with E-state index in [0.717, 1.165) is 28.7 Å². The minimum atomic E-state index is 0.0468. The second-order valence-corrected chi connectivity index (χ2v) is 11.7. The third-order valence-corrected chi connectivity index (χ3v) is 9.02. The third-order valence-electron chi connectivity index (χ3n) is 9.02. The number of rotatable bonds is 6. The smallest absolute Gasteiger partial charge is 0.143 e. The lowest BCUT2D eigenvalue weighted by Gasteiger charge is -2.15. The summed E-state index contributed by atoms with van der Waals surface area (Å²) in [5.74, 6) is 1.48. The van der Waals surface area contributed by atoms with Crippen molar-refractivity contribution in [2.24, 2.45) is 0 Å². The Morgan fingerprint density at radius 3 is 2.30 bits per heavy atom. The fraction of sp³-hybridized carbons (Fsp3) is 0.125. The van der Waals surface area contributed by atoms with E-state index in [4.69, 9.17) is 9.83 Å². The fourth-order valence-electron chi connectivity index (χ4n) is 6.92. The van der Waals surface area contributed by atoms with Crippen LogP contribution in [0.25, 0.3) is 55.8 Å². The topological polar surface area (TPSA) is 41.9 Å². The lowest BCUT2D eigenvalue weighted by Crippen LogP contribution is -2.06. The van der Waals surface area contributed by atoms with E-state index in [1.54, 1.807) is 0 Å². The van der Waals surface area contributed by atoms with Crippen molar-refractivity contribution in [1.82, 2.24) is 4.57 Å². The molecule has 0 aliphatic heterocycles. The largest absolute Gasteiger partial charge is 0.459 e. The van der Waals surface area contributed by atoms with Crippen LogP contribution in [0.15, 0.2) is 126 Å². The van der Waals surface area contributed by atoms with Gasteiger partial charge in [-0.25, -0.2) is 0 Å². The first-order valence-electron chi connectivity index (χ1n) is 15.1. The van der Waals surface area contributed by atoms with Gasteiger partial charge in [-0.3, -0.25) is 0 Å². The maximum atomic E-state index is 8.95. The number of nitrogens with zero attached hydrogens (tertiary/aromatic N) is 1. The highest BCUT2D eigenvalue weighted by atomic mass is 16.3. The molecule has 0 saturated carbocycles. The summed E-state index contributed by atoms with van der Waals surface area (Å²) in [6.07, 6.45) is 10.7. The summed E-state index contributed by atoms with van der Waals surface area (Å²) in [6.45, 7) is 2.26. The highest BCUT2D eigenvalue weighted by Gasteiger charge is 2.26. The molecule has 7 aromatic rings. The summed E-state index contributed by atoms with van der Waals surface area (Å²) in [6, 6.07) is 38.0. The number of hydrogen-bond donors (Lipinski definition) is 1. The standard InChI is InChI=1S/C40H32N2O/c1-26-13-12-21-33-37-36-32-20-10-11-22-35(32)42(38(36)30-18-8-9-19-31(30)40(37)43-39(26)33)24-23-29(27-14-4-2-5-15-27)25-34(41)28-16-6-3-7-17-28/h2-12,14-24,26,29,41H,13,25H2,1H3/b24-23+,41-34?. The Labute approximate surface area is 250 Å². The molecule has 0 radical (unpaired) electrons. The van der Waals surface area contributed by atoms with Gasteiger partial charge in [0.25, 0.3) is 0 Å². The Balaban J connectivity index is 1.38. The van der Waals surface area contributed by atoms with E-state index in [9.17, 15) is 0 Å². The van der Waals surface area contributed by atoms with Crippen molar-refractivity contribution in [3.05, 3.63) is 144 Å². The van der Waals surface area contributed by atoms with Crippen LogP contribution < -0.4 is 0 Å². The summed E-state index contributed by atoms with van der Waals surface area (Å²) in [4.78, 5) is 0. The van der Waals surface area contributed by atoms with Gasteiger partial charge in [0.2, 0.25) is 0 Å². The average molecular weight is 557 g/mol. The maximum Gasteiger partial charge on any atom is 0.143 e. The number of benzene rings is 5. The molecule has 2 heterocycles. The molecule has 1 N–H and O–H groups in total. The van der Waals surface area contributed by atoms with Crippen LogP contribution in [0.4, 0.5) is 0 Å². The lowest BCUT2D eigenvalue weighted by atomic mass is 9.91. The zero-order valence-electron chi connectivity index (χ0n) is 24.1. The number of para-hydroxylation sites is 1. The molecule has 0 fully saturated rings. The van der Waals surface area contributed by atoms with Crippen LogP contribution in [0, 0.1) is 5.41 Å². The summed E-state index contributed by atoms with van der Waals surface area (Å²) in [5.41, 5.74) is 7.37. The molecular weight excluding hydrogens is 524 g/mol. The number of hydrogen-bond acceptors (Lipinski definition) is 2. The number of aromatic nitrogens is 1. The molecule has 2 aromatic heterocycles. The lowest BCUT2D eigenvalue weighted by molar-refractivity contribution is 0.506. The molecule has 5 aromatic carbocycles. The predicted octanol–water partition coefficient (Wildman–Crippen LogP) is 10.9. The molecule has 0 saturated heterocycles. The quantitative estimate of drug-likeness (QED) is 0.203.